The topological polar surface area (TPSA) is 117 Å². The first-order valence-electron chi connectivity index (χ1n) is 21.5. The molecule has 316 valence electrons. The number of methoxy groups -OCH3 is 1. The fourth-order valence-electron chi connectivity index (χ4n) is 8.45. The van der Waals surface area contributed by atoms with Gasteiger partial charge in [-0.3, -0.25) is 18.7 Å². The minimum Gasteiger partial charge on any atom is -0.497 e. The van der Waals surface area contributed by atoms with E-state index in [4.69, 9.17) is 14.2 Å². The zero-order chi connectivity index (χ0) is 42.0. The monoisotopic (exact) mass is 813 g/mol. The number of ether oxygens (including phenoxy) is 3. The second-order valence-corrected chi connectivity index (χ2v) is 16.3. The minimum atomic E-state index is -0.106. The van der Waals surface area contributed by atoms with Crippen molar-refractivity contribution in [2.75, 3.05) is 59.6 Å². The van der Waals surface area contributed by atoms with E-state index in [1.54, 1.807) is 52.8 Å². The third-order valence-corrected chi connectivity index (χ3v) is 11.5. The van der Waals surface area contributed by atoms with E-state index in [-0.39, 0.29) is 11.1 Å². The van der Waals surface area contributed by atoms with E-state index in [0.29, 0.717) is 52.5 Å². The molecule has 5 heterocycles. The van der Waals surface area contributed by atoms with Gasteiger partial charge in [0.2, 0.25) is 0 Å². The molecule has 0 aliphatic carbocycles. The van der Waals surface area contributed by atoms with Gasteiger partial charge >= 0.3 is 0 Å². The smallest absolute Gasteiger partial charge is 0.267 e. The molecule has 12 heteroatoms. The predicted octanol–water partition coefficient (Wildman–Crippen LogP) is 7.79. The van der Waals surface area contributed by atoms with E-state index in [1.807, 2.05) is 62.4 Å². The highest BCUT2D eigenvalue weighted by atomic mass is 16.5. The lowest BCUT2D eigenvalue weighted by Crippen LogP contribution is -2.35. The Labute approximate surface area is 352 Å². The SMILES string of the molecule is COc1ccc2c(=O)n(-c3ccc(OCCCN4CCC[C@H](C)C4)cc3)c(C)nc2c1.Cc1nc2ncccc2c(=O)n1-c1ccc(OCCCN2CCC[C@H](C)C2)cc1. The van der Waals surface area contributed by atoms with Crippen LogP contribution >= 0.6 is 0 Å². The third-order valence-electron chi connectivity index (χ3n) is 11.5. The third kappa shape index (κ3) is 10.6. The van der Waals surface area contributed by atoms with Gasteiger partial charge in [-0.1, -0.05) is 13.8 Å². The van der Waals surface area contributed by atoms with E-state index in [2.05, 4.69) is 38.6 Å². The summed E-state index contributed by atoms with van der Waals surface area (Å²) in [5, 5.41) is 1.09. The van der Waals surface area contributed by atoms with Crippen LogP contribution in [0, 0.1) is 25.7 Å². The molecule has 2 fully saturated rings. The van der Waals surface area contributed by atoms with Gasteiger partial charge in [0, 0.05) is 38.4 Å². The molecule has 2 atom stereocenters. The fraction of sp³-hybridized carbons (Fsp3) is 0.438. The molecule has 0 amide bonds. The summed E-state index contributed by atoms with van der Waals surface area (Å²) < 4.78 is 20.3. The summed E-state index contributed by atoms with van der Waals surface area (Å²) in [5.41, 5.74) is 2.48. The number of aryl methyl sites for hydroxylation is 2. The molecule has 2 aliphatic rings. The van der Waals surface area contributed by atoms with Crippen LogP contribution < -0.4 is 25.3 Å². The molecule has 12 nitrogen and oxygen atoms in total. The highest BCUT2D eigenvalue weighted by molar-refractivity contribution is 5.79. The zero-order valence-electron chi connectivity index (χ0n) is 35.8. The molecule has 60 heavy (non-hydrogen) atoms. The van der Waals surface area contributed by atoms with Gasteiger partial charge in [-0.25, -0.2) is 15.0 Å². The Kier molecular flexibility index (Phi) is 14.3. The zero-order valence-corrected chi connectivity index (χ0v) is 35.8. The van der Waals surface area contributed by atoms with Crippen LogP contribution in [0.3, 0.4) is 0 Å². The number of likely N-dealkylation sites (tertiary alicyclic amines) is 2. The van der Waals surface area contributed by atoms with Crippen molar-refractivity contribution in [2.45, 2.75) is 66.2 Å². The van der Waals surface area contributed by atoms with E-state index in [0.717, 1.165) is 60.6 Å². The fourth-order valence-corrected chi connectivity index (χ4v) is 8.45. The maximum absolute atomic E-state index is 13.1. The Balaban J connectivity index is 0.000000182. The Morgan fingerprint density at radius 3 is 1.70 bits per heavy atom. The molecule has 2 aliphatic heterocycles. The summed E-state index contributed by atoms with van der Waals surface area (Å²) in [7, 11) is 1.60. The van der Waals surface area contributed by atoms with Gasteiger partial charge in [0.25, 0.3) is 11.1 Å². The summed E-state index contributed by atoms with van der Waals surface area (Å²) in [6.07, 6.45) is 9.01. The summed E-state index contributed by atoms with van der Waals surface area (Å²) in [6.45, 7) is 16.7. The van der Waals surface area contributed by atoms with Crippen molar-refractivity contribution in [3.05, 3.63) is 117 Å². The van der Waals surface area contributed by atoms with Crippen molar-refractivity contribution in [1.82, 2.24) is 33.9 Å². The summed E-state index contributed by atoms with van der Waals surface area (Å²) in [6, 6.07) is 24.1. The number of hydrogen-bond donors (Lipinski definition) is 0. The summed E-state index contributed by atoms with van der Waals surface area (Å²) in [4.78, 5) is 44.3. The first-order chi connectivity index (χ1) is 29.2. The molecule has 0 N–H and O–H groups in total. The van der Waals surface area contributed by atoms with E-state index < -0.39 is 0 Å². The highest BCUT2D eigenvalue weighted by Gasteiger charge is 2.17. The van der Waals surface area contributed by atoms with Crippen LogP contribution in [0.2, 0.25) is 0 Å². The predicted molar refractivity (Wildman–Crippen MR) is 238 cm³/mol. The van der Waals surface area contributed by atoms with Gasteiger partial charge in [-0.15, -0.1) is 0 Å². The van der Waals surface area contributed by atoms with Crippen LogP contribution in [0.4, 0.5) is 0 Å². The van der Waals surface area contributed by atoms with Gasteiger partial charge in [0.15, 0.2) is 5.65 Å². The van der Waals surface area contributed by atoms with E-state index >= 15 is 0 Å². The van der Waals surface area contributed by atoms with E-state index in [1.165, 1.54) is 51.9 Å². The quantitative estimate of drug-likeness (QED) is 0.107. The van der Waals surface area contributed by atoms with Crippen molar-refractivity contribution in [3.8, 4) is 28.6 Å². The number of aromatic nitrogens is 5. The Hall–Kier alpha value is -5.59. The van der Waals surface area contributed by atoms with Crippen LogP contribution in [0.15, 0.2) is 94.6 Å². The molecule has 8 rings (SSSR count). The number of hydrogen-bond acceptors (Lipinski definition) is 10. The van der Waals surface area contributed by atoms with Gasteiger partial charge in [-0.05, 0) is 150 Å². The van der Waals surface area contributed by atoms with Gasteiger partial charge in [0.05, 0.1) is 48.0 Å². The van der Waals surface area contributed by atoms with Gasteiger partial charge < -0.3 is 24.0 Å². The molecule has 0 saturated carbocycles. The molecule has 3 aromatic carbocycles. The lowest BCUT2D eigenvalue weighted by atomic mass is 10.0. The van der Waals surface area contributed by atoms with Crippen LogP contribution in [-0.4, -0.2) is 93.5 Å². The van der Waals surface area contributed by atoms with Crippen molar-refractivity contribution >= 4 is 21.9 Å². The highest BCUT2D eigenvalue weighted by Crippen LogP contribution is 2.22. The Morgan fingerprint density at radius 2 is 1.17 bits per heavy atom. The van der Waals surface area contributed by atoms with Crippen molar-refractivity contribution in [3.63, 3.8) is 0 Å². The number of fused-ring (bicyclic) bond motifs is 2. The van der Waals surface area contributed by atoms with Crippen LogP contribution in [0.1, 0.15) is 64.0 Å². The lowest BCUT2D eigenvalue weighted by Gasteiger charge is -2.30. The normalized spacial score (nSPS) is 17.3. The van der Waals surface area contributed by atoms with Crippen molar-refractivity contribution < 1.29 is 14.2 Å². The molecule has 0 spiro atoms. The first-order valence-corrected chi connectivity index (χ1v) is 21.5. The molecule has 0 bridgehead atoms. The maximum atomic E-state index is 13.1. The molecule has 6 aromatic rings. The largest absolute Gasteiger partial charge is 0.497 e. The van der Waals surface area contributed by atoms with Gasteiger partial charge in [0.1, 0.15) is 28.9 Å². The molecular weight excluding hydrogens is 755 g/mol. The molecule has 0 radical (unpaired) electrons. The van der Waals surface area contributed by atoms with E-state index in [9.17, 15) is 9.59 Å². The maximum Gasteiger partial charge on any atom is 0.267 e. The van der Waals surface area contributed by atoms with Crippen molar-refractivity contribution in [1.29, 1.82) is 0 Å². The standard InChI is InChI=1S/C25H31N3O3.C23H28N4O2/c1-18-6-4-13-27(17-18)14-5-15-31-21-9-7-20(8-10-21)28-19(2)26-24-16-22(30-3)11-12-23(24)25(28)29;1-17-6-4-13-26(16-17)14-5-15-29-20-10-8-19(9-11-20)27-18(2)25-22-21(23(27)28)7-3-12-24-22/h7-12,16,18H,4-6,13-15,17H2,1-3H3;3,7-12,17H,4-6,13-16H2,1-2H3/t18-;17-/m00/s1. The number of benzene rings is 3. The molecule has 0 unspecified atom stereocenters. The summed E-state index contributed by atoms with van der Waals surface area (Å²) in [5.74, 6) is 5.20. The lowest BCUT2D eigenvalue weighted by molar-refractivity contribution is 0.170. The Morgan fingerprint density at radius 1 is 0.650 bits per heavy atom. The molecular formula is C48H59N7O5. The number of piperidine rings is 2. The number of pyridine rings is 1. The minimum absolute atomic E-state index is 0.0884. The van der Waals surface area contributed by atoms with Crippen LogP contribution in [0.5, 0.6) is 17.2 Å². The molecule has 3 aromatic heterocycles. The average Bonchev–Trinajstić information content (AvgIpc) is 3.25. The van der Waals surface area contributed by atoms with Crippen LogP contribution in [0.25, 0.3) is 33.3 Å². The first kappa shape index (κ1) is 42.5. The summed E-state index contributed by atoms with van der Waals surface area (Å²) >= 11 is 0. The average molecular weight is 814 g/mol. The second-order valence-electron chi connectivity index (χ2n) is 16.3. The van der Waals surface area contributed by atoms with Gasteiger partial charge in [-0.2, -0.15) is 0 Å². The number of rotatable bonds is 13. The Bertz CT molecular complexity index is 2470. The van der Waals surface area contributed by atoms with Crippen LogP contribution in [-0.2, 0) is 0 Å². The molecule has 2 saturated heterocycles. The number of nitrogens with zero attached hydrogens (tertiary/aromatic N) is 7. The van der Waals surface area contributed by atoms with Crippen molar-refractivity contribution in [2.24, 2.45) is 11.8 Å². The second kappa shape index (κ2) is 20.1.